The molecule has 2 N–H and O–H groups in total. The van der Waals surface area contributed by atoms with E-state index in [4.69, 9.17) is 0 Å². The third-order valence-electron chi connectivity index (χ3n) is 4.07. The number of aryl methyl sites for hydroxylation is 2. The number of nitrogens with zero attached hydrogens (tertiary/aromatic N) is 3. The van der Waals surface area contributed by atoms with Gasteiger partial charge < -0.3 is 10.6 Å². The molecule has 6 nitrogen and oxygen atoms in total. The highest BCUT2D eigenvalue weighted by molar-refractivity contribution is 7.11. The molecular formula is C15H21N5OS. The molecule has 1 aliphatic heterocycles. The largest absolute Gasteiger partial charge is 0.349 e. The van der Waals surface area contributed by atoms with Gasteiger partial charge in [0.05, 0.1) is 18.7 Å². The molecule has 0 radical (unpaired) electrons. The van der Waals surface area contributed by atoms with E-state index in [1.807, 2.05) is 25.6 Å². The van der Waals surface area contributed by atoms with Crippen molar-refractivity contribution in [2.45, 2.75) is 25.8 Å². The fourth-order valence-corrected chi connectivity index (χ4v) is 3.63. The van der Waals surface area contributed by atoms with Crippen LogP contribution in [0.4, 0.5) is 0 Å². The van der Waals surface area contributed by atoms with Gasteiger partial charge in [-0.3, -0.25) is 9.48 Å². The zero-order chi connectivity index (χ0) is 15.5. The molecule has 1 saturated heterocycles. The van der Waals surface area contributed by atoms with E-state index in [0.29, 0.717) is 13.1 Å². The van der Waals surface area contributed by atoms with Crippen LogP contribution in [0.25, 0.3) is 0 Å². The summed E-state index contributed by atoms with van der Waals surface area (Å²) in [6, 6.07) is 0. The van der Waals surface area contributed by atoms with Crippen molar-refractivity contribution in [1.29, 1.82) is 0 Å². The number of rotatable bonds is 5. The summed E-state index contributed by atoms with van der Waals surface area (Å²) in [5, 5.41) is 11.5. The molecule has 0 aliphatic carbocycles. The number of hydrogen-bond acceptors (Lipinski definition) is 5. The summed E-state index contributed by atoms with van der Waals surface area (Å²) in [4.78, 5) is 18.1. The quantitative estimate of drug-likeness (QED) is 0.864. The van der Waals surface area contributed by atoms with Gasteiger partial charge in [-0.05, 0) is 12.0 Å². The number of carbonyl (C=O) groups is 1. The molecule has 0 spiro atoms. The van der Waals surface area contributed by atoms with Crippen LogP contribution in [0, 0.1) is 5.92 Å². The van der Waals surface area contributed by atoms with Gasteiger partial charge in [-0.15, -0.1) is 11.3 Å². The minimum absolute atomic E-state index is 0.0465. The summed E-state index contributed by atoms with van der Waals surface area (Å²) in [7, 11) is 1.90. The second-order valence-electron chi connectivity index (χ2n) is 5.61. The van der Waals surface area contributed by atoms with E-state index in [1.54, 1.807) is 16.0 Å². The van der Waals surface area contributed by atoms with Gasteiger partial charge in [0.15, 0.2) is 0 Å². The highest BCUT2D eigenvalue weighted by Gasteiger charge is 2.34. The Morgan fingerprint density at radius 3 is 3.05 bits per heavy atom. The summed E-state index contributed by atoms with van der Waals surface area (Å²) in [6.07, 6.45) is 6.72. The van der Waals surface area contributed by atoms with E-state index in [2.05, 4.69) is 27.6 Å². The van der Waals surface area contributed by atoms with Crippen molar-refractivity contribution in [1.82, 2.24) is 25.4 Å². The van der Waals surface area contributed by atoms with Gasteiger partial charge in [-0.2, -0.15) is 5.10 Å². The molecule has 7 heteroatoms. The Balaban J connectivity index is 1.61. The molecule has 0 aromatic carbocycles. The molecule has 118 valence electrons. The van der Waals surface area contributed by atoms with Crippen molar-refractivity contribution >= 4 is 17.2 Å². The Kier molecular flexibility index (Phi) is 4.54. The minimum Gasteiger partial charge on any atom is -0.349 e. The summed E-state index contributed by atoms with van der Waals surface area (Å²) >= 11 is 1.66. The number of hydrogen-bond donors (Lipinski definition) is 2. The second-order valence-corrected chi connectivity index (χ2v) is 6.81. The van der Waals surface area contributed by atoms with Crippen molar-refractivity contribution in [2.24, 2.45) is 13.0 Å². The van der Waals surface area contributed by atoms with Crippen molar-refractivity contribution in [3.63, 3.8) is 0 Å². The van der Waals surface area contributed by atoms with Crippen LogP contribution in [0.5, 0.6) is 0 Å². The van der Waals surface area contributed by atoms with Crippen LogP contribution in [-0.4, -0.2) is 33.8 Å². The molecular weight excluding hydrogens is 298 g/mol. The molecule has 1 amide bonds. The van der Waals surface area contributed by atoms with Gasteiger partial charge in [-0.25, -0.2) is 4.98 Å². The van der Waals surface area contributed by atoms with Crippen molar-refractivity contribution in [2.75, 3.05) is 13.1 Å². The molecule has 2 aromatic heterocycles. The standard InChI is InChI=1S/C15H21N5OS/c1-3-11-5-17-14(22-11)8-18-15(21)13-7-16-6-12(13)10-4-19-20(2)9-10/h4-5,9,12-13,16H,3,6-8H2,1-2H3,(H,18,21)/t12-,13+/m1/s1. The molecule has 2 atom stereocenters. The fourth-order valence-electron chi connectivity index (χ4n) is 2.82. The Hall–Kier alpha value is -1.73. The molecule has 2 aromatic rings. The number of carbonyl (C=O) groups excluding carboxylic acids is 1. The highest BCUT2D eigenvalue weighted by Crippen LogP contribution is 2.28. The van der Waals surface area contributed by atoms with E-state index in [1.165, 1.54) is 4.88 Å². The van der Waals surface area contributed by atoms with E-state index in [-0.39, 0.29) is 17.7 Å². The lowest BCUT2D eigenvalue weighted by Gasteiger charge is -2.16. The summed E-state index contributed by atoms with van der Waals surface area (Å²) in [5.74, 6) is 0.234. The number of nitrogens with one attached hydrogen (secondary N) is 2. The van der Waals surface area contributed by atoms with E-state index in [0.717, 1.165) is 23.5 Å². The molecule has 0 bridgehead atoms. The minimum atomic E-state index is -0.0465. The maximum Gasteiger partial charge on any atom is 0.225 e. The maximum atomic E-state index is 12.5. The first-order chi connectivity index (χ1) is 10.7. The Labute approximate surface area is 133 Å². The number of amides is 1. The normalized spacial score (nSPS) is 21.2. The molecule has 22 heavy (non-hydrogen) atoms. The monoisotopic (exact) mass is 319 g/mol. The smallest absolute Gasteiger partial charge is 0.225 e. The first kappa shape index (κ1) is 15.2. The third kappa shape index (κ3) is 3.20. The molecule has 1 aliphatic rings. The van der Waals surface area contributed by atoms with Crippen LogP contribution in [-0.2, 0) is 24.8 Å². The second kappa shape index (κ2) is 6.58. The van der Waals surface area contributed by atoms with Crippen LogP contribution < -0.4 is 10.6 Å². The maximum absolute atomic E-state index is 12.5. The van der Waals surface area contributed by atoms with Gasteiger partial charge in [0.2, 0.25) is 5.91 Å². The van der Waals surface area contributed by atoms with Crippen molar-refractivity contribution in [3.8, 4) is 0 Å². The van der Waals surface area contributed by atoms with E-state index in [9.17, 15) is 4.79 Å². The van der Waals surface area contributed by atoms with E-state index >= 15 is 0 Å². The lowest BCUT2D eigenvalue weighted by Crippen LogP contribution is -2.33. The van der Waals surface area contributed by atoms with Gasteiger partial charge in [0.25, 0.3) is 0 Å². The Bertz CT molecular complexity index is 650. The highest BCUT2D eigenvalue weighted by atomic mass is 32.1. The summed E-state index contributed by atoms with van der Waals surface area (Å²) < 4.78 is 1.78. The molecule has 1 fully saturated rings. The molecule has 3 heterocycles. The molecule has 3 rings (SSSR count). The van der Waals surface area contributed by atoms with Crippen molar-refractivity contribution < 1.29 is 4.79 Å². The molecule has 0 saturated carbocycles. The van der Waals surface area contributed by atoms with Crippen LogP contribution in [0.15, 0.2) is 18.6 Å². The predicted octanol–water partition coefficient (Wildman–Crippen LogP) is 1.06. The predicted molar refractivity (Wildman–Crippen MR) is 85.6 cm³/mol. The first-order valence-corrected chi connectivity index (χ1v) is 8.39. The fraction of sp³-hybridized carbons (Fsp3) is 0.533. The molecule has 0 unspecified atom stereocenters. The lowest BCUT2D eigenvalue weighted by molar-refractivity contribution is -0.125. The van der Waals surface area contributed by atoms with E-state index < -0.39 is 0 Å². The van der Waals surface area contributed by atoms with Crippen LogP contribution in [0.1, 0.15) is 28.3 Å². The van der Waals surface area contributed by atoms with Crippen molar-refractivity contribution in [3.05, 3.63) is 34.0 Å². The average molecular weight is 319 g/mol. The van der Waals surface area contributed by atoms with Gasteiger partial charge in [0.1, 0.15) is 5.01 Å². The van der Waals surface area contributed by atoms with Crippen LogP contribution >= 0.6 is 11.3 Å². The summed E-state index contributed by atoms with van der Waals surface area (Å²) in [5.41, 5.74) is 1.12. The summed E-state index contributed by atoms with van der Waals surface area (Å²) in [6.45, 7) is 4.16. The number of aromatic nitrogens is 3. The first-order valence-electron chi connectivity index (χ1n) is 7.58. The van der Waals surface area contributed by atoms with Crippen LogP contribution in [0.2, 0.25) is 0 Å². The zero-order valence-electron chi connectivity index (χ0n) is 12.9. The number of thiazole rings is 1. The lowest BCUT2D eigenvalue weighted by atomic mass is 9.90. The van der Waals surface area contributed by atoms with Crippen LogP contribution in [0.3, 0.4) is 0 Å². The topological polar surface area (TPSA) is 71.8 Å². The zero-order valence-corrected chi connectivity index (χ0v) is 13.7. The SMILES string of the molecule is CCc1cnc(CNC(=O)[C@H]2CNC[C@@H]2c2cnn(C)c2)s1. The Morgan fingerprint density at radius 2 is 2.36 bits per heavy atom. The van der Waals surface area contributed by atoms with Gasteiger partial charge in [-0.1, -0.05) is 6.92 Å². The average Bonchev–Trinajstić information content (AvgIpc) is 3.24. The third-order valence-corrected chi connectivity index (χ3v) is 5.21. The Morgan fingerprint density at radius 1 is 1.50 bits per heavy atom. The van der Waals surface area contributed by atoms with Gasteiger partial charge >= 0.3 is 0 Å². The van der Waals surface area contributed by atoms with Gasteiger partial charge in [0, 0.05) is 43.3 Å².